The molecule has 0 unspecified atom stereocenters. The lowest BCUT2D eigenvalue weighted by Gasteiger charge is -2.34. The van der Waals surface area contributed by atoms with Crippen molar-refractivity contribution in [2.75, 3.05) is 57.3 Å². The number of rotatable bonds is 7. The number of amides is 2. The third kappa shape index (κ3) is 6.12. The van der Waals surface area contributed by atoms with Gasteiger partial charge in [-0.1, -0.05) is 6.07 Å². The Morgan fingerprint density at radius 3 is 2.46 bits per heavy atom. The average molecular weight is 401 g/mol. The molecule has 9 heteroatoms. The molecule has 1 saturated heterocycles. The molecule has 2 N–H and O–H groups in total. The van der Waals surface area contributed by atoms with E-state index in [0.717, 1.165) is 11.0 Å². The Kier molecular flexibility index (Phi) is 7.68. The van der Waals surface area contributed by atoms with Crippen molar-refractivity contribution < 1.29 is 27.7 Å². The van der Waals surface area contributed by atoms with Crippen molar-refractivity contribution in [2.45, 2.75) is 20.0 Å². The van der Waals surface area contributed by atoms with Crippen LogP contribution in [0.25, 0.3) is 0 Å². The van der Waals surface area contributed by atoms with E-state index in [0.29, 0.717) is 45.0 Å². The number of alkyl halides is 3. The van der Waals surface area contributed by atoms with Gasteiger partial charge in [0, 0.05) is 18.8 Å². The summed E-state index contributed by atoms with van der Waals surface area (Å²) < 4.78 is 38.7. The molecule has 0 aliphatic carbocycles. The van der Waals surface area contributed by atoms with Gasteiger partial charge in [-0.25, -0.2) is 0 Å². The predicted octanol–water partition coefficient (Wildman–Crippen LogP) is 0.395. The van der Waals surface area contributed by atoms with Gasteiger partial charge in [-0.2, -0.15) is 13.2 Å². The maximum absolute atomic E-state index is 12.9. The Morgan fingerprint density at radius 1 is 1.21 bits per heavy atom. The minimum absolute atomic E-state index is 0.0484. The first-order chi connectivity index (χ1) is 13.2. The molecule has 156 valence electrons. The first kappa shape index (κ1) is 22.0. The average Bonchev–Trinajstić information content (AvgIpc) is 2.66. The molecule has 0 aromatic heterocycles. The molecule has 1 heterocycles. The molecular weight excluding hydrogens is 373 g/mol. The highest BCUT2D eigenvalue weighted by Gasteiger charge is 2.31. The second-order valence-corrected chi connectivity index (χ2v) is 6.82. The number of carbonyl (C=O) groups excluding carboxylic acids is 2. The van der Waals surface area contributed by atoms with Gasteiger partial charge in [0.15, 0.2) is 6.54 Å². The van der Waals surface area contributed by atoms with E-state index >= 15 is 0 Å². The maximum Gasteiger partial charge on any atom is 0.416 e. The fraction of sp³-hybridized carbons (Fsp3) is 0.579. The number of benzene rings is 1. The first-order valence-electron chi connectivity index (χ1n) is 9.54. The van der Waals surface area contributed by atoms with E-state index in [-0.39, 0.29) is 24.9 Å². The van der Waals surface area contributed by atoms with Crippen molar-refractivity contribution in [3.05, 3.63) is 29.8 Å². The fourth-order valence-electron chi connectivity index (χ4n) is 3.27. The molecule has 1 aliphatic heterocycles. The SMILES string of the molecule is CCNC(=O)CN(CC)C(=O)C[NH+]1CCN(c2cccc(C(F)(F)F)c2)CC1. The van der Waals surface area contributed by atoms with Crippen LogP contribution in [0.2, 0.25) is 0 Å². The summed E-state index contributed by atoms with van der Waals surface area (Å²) in [7, 11) is 0. The summed E-state index contributed by atoms with van der Waals surface area (Å²) in [5, 5.41) is 2.68. The standard InChI is InChI=1S/C19H27F3N4O2/c1-3-23-17(27)13-25(4-2)18(28)14-24-8-10-26(11-9-24)16-7-5-6-15(12-16)19(20,21)22/h5-7,12H,3-4,8-11,13-14H2,1-2H3,(H,23,27)/p+1. The van der Waals surface area contributed by atoms with Crippen LogP contribution in [0.1, 0.15) is 19.4 Å². The lowest BCUT2D eigenvalue weighted by Crippen LogP contribution is -3.16. The number of quaternary nitrogens is 1. The number of nitrogens with one attached hydrogen (secondary N) is 2. The van der Waals surface area contributed by atoms with Crippen LogP contribution in [-0.2, 0) is 15.8 Å². The van der Waals surface area contributed by atoms with E-state index in [1.165, 1.54) is 17.0 Å². The van der Waals surface area contributed by atoms with Crippen LogP contribution in [-0.4, -0.2) is 69.1 Å². The van der Waals surface area contributed by atoms with E-state index in [9.17, 15) is 22.8 Å². The Bertz CT molecular complexity index is 673. The molecule has 1 aliphatic rings. The van der Waals surface area contributed by atoms with Crippen molar-refractivity contribution in [3.63, 3.8) is 0 Å². The summed E-state index contributed by atoms with van der Waals surface area (Å²) in [6, 6.07) is 5.33. The molecule has 0 bridgehead atoms. The van der Waals surface area contributed by atoms with Crippen molar-refractivity contribution >= 4 is 17.5 Å². The van der Waals surface area contributed by atoms with E-state index in [2.05, 4.69) is 5.32 Å². The van der Waals surface area contributed by atoms with Gasteiger partial charge < -0.3 is 20.0 Å². The van der Waals surface area contributed by atoms with Gasteiger partial charge in [0.1, 0.15) is 0 Å². The van der Waals surface area contributed by atoms with Gasteiger partial charge in [-0.3, -0.25) is 9.59 Å². The molecule has 2 amide bonds. The number of piperazine rings is 1. The third-order valence-electron chi connectivity index (χ3n) is 4.85. The Balaban J connectivity index is 1.88. The zero-order valence-corrected chi connectivity index (χ0v) is 16.3. The second kappa shape index (κ2) is 9.77. The topological polar surface area (TPSA) is 57.1 Å². The minimum atomic E-state index is -4.36. The van der Waals surface area contributed by atoms with Crippen LogP contribution in [0.15, 0.2) is 24.3 Å². The molecule has 6 nitrogen and oxygen atoms in total. The van der Waals surface area contributed by atoms with Crippen molar-refractivity contribution in [1.82, 2.24) is 10.2 Å². The molecular formula is C19H28F3N4O2+. The van der Waals surface area contributed by atoms with Gasteiger partial charge >= 0.3 is 6.18 Å². The summed E-state index contributed by atoms with van der Waals surface area (Å²) in [4.78, 5) is 28.7. The van der Waals surface area contributed by atoms with E-state index in [1.54, 1.807) is 6.07 Å². The maximum atomic E-state index is 12.9. The fourth-order valence-corrected chi connectivity index (χ4v) is 3.27. The summed E-state index contributed by atoms with van der Waals surface area (Å²) in [6.07, 6.45) is -4.36. The van der Waals surface area contributed by atoms with Gasteiger partial charge in [-0.15, -0.1) is 0 Å². The summed E-state index contributed by atoms with van der Waals surface area (Å²) in [5.74, 6) is -0.265. The van der Waals surface area contributed by atoms with Gasteiger partial charge in [0.25, 0.3) is 5.91 Å². The number of hydrogen-bond acceptors (Lipinski definition) is 3. The molecule has 28 heavy (non-hydrogen) atoms. The highest BCUT2D eigenvalue weighted by Crippen LogP contribution is 2.31. The molecule has 1 aromatic carbocycles. The molecule has 0 spiro atoms. The largest absolute Gasteiger partial charge is 0.416 e. The predicted molar refractivity (Wildman–Crippen MR) is 100 cm³/mol. The first-order valence-corrected chi connectivity index (χ1v) is 9.54. The number of hydrogen-bond donors (Lipinski definition) is 2. The molecule has 1 fully saturated rings. The van der Waals surface area contributed by atoms with Crippen molar-refractivity contribution in [2.24, 2.45) is 0 Å². The van der Waals surface area contributed by atoms with Crippen LogP contribution in [0.4, 0.5) is 18.9 Å². The minimum Gasteiger partial charge on any atom is -0.360 e. The van der Waals surface area contributed by atoms with E-state index in [1.807, 2.05) is 18.7 Å². The molecule has 0 saturated carbocycles. The van der Waals surface area contributed by atoms with Crippen LogP contribution < -0.4 is 15.1 Å². The number of likely N-dealkylation sites (N-methyl/N-ethyl adjacent to an activating group) is 2. The van der Waals surface area contributed by atoms with Gasteiger partial charge in [0.2, 0.25) is 5.91 Å². The highest BCUT2D eigenvalue weighted by molar-refractivity contribution is 5.85. The van der Waals surface area contributed by atoms with Crippen LogP contribution in [0.5, 0.6) is 0 Å². The molecule has 0 atom stereocenters. The quantitative estimate of drug-likeness (QED) is 0.695. The Labute approximate surface area is 163 Å². The Hall–Kier alpha value is -2.29. The van der Waals surface area contributed by atoms with Crippen LogP contribution in [0.3, 0.4) is 0 Å². The normalized spacial score (nSPS) is 15.4. The van der Waals surface area contributed by atoms with Crippen molar-refractivity contribution in [3.8, 4) is 0 Å². The summed E-state index contributed by atoms with van der Waals surface area (Å²) in [5.41, 5.74) is -0.106. The van der Waals surface area contributed by atoms with Crippen LogP contribution >= 0.6 is 0 Å². The third-order valence-corrected chi connectivity index (χ3v) is 4.85. The highest BCUT2D eigenvalue weighted by atomic mass is 19.4. The van der Waals surface area contributed by atoms with E-state index in [4.69, 9.17) is 0 Å². The Morgan fingerprint density at radius 2 is 1.89 bits per heavy atom. The monoisotopic (exact) mass is 401 g/mol. The zero-order chi connectivity index (χ0) is 20.7. The van der Waals surface area contributed by atoms with Crippen molar-refractivity contribution in [1.29, 1.82) is 0 Å². The lowest BCUT2D eigenvalue weighted by molar-refractivity contribution is -0.892. The number of carbonyl (C=O) groups is 2. The van der Waals surface area contributed by atoms with E-state index < -0.39 is 11.7 Å². The smallest absolute Gasteiger partial charge is 0.360 e. The lowest BCUT2D eigenvalue weighted by atomic mass is 10.1. The molecule has 1 aromatic rings. The number of halogens is 3. The molecule has 0 radical (unpaired) electrons. The number of anilines is 1. The molecule has 2 rings (SSSR count). The summed E-state index contributed by atoms with van der Waals surface area (Å²) >= 11 is 0. The van der Waals surface area contributed by atoms with Crippen LogP contribution in [0, 0.1) is 0 Å². The summed E-state index contributed by atoms with van der Waals surface area (Å²) in [6.45, 7) is 7.42. The zero-order valence-electron chi connectivity index (χ0n) is 16.3. The van der Waals surface area contributed by atoms with Gasteiger partial charge in [-0.05, 0) is 32.0 Å². The second-order valence-electron chi connectivity index (χ2n) is 6.82. The van der Waals surface area contributed by atoms with Gasteiger partial charge in [0.05, 0.1) is 38.3 Å². The number of nitrogens with zero attached hydrogens (tertiary/aromatic N) is 2.